The number of esters is 1. The average Bonchev–Trinajstić information content (AvgIpc) is 3.47. The van der Waals surface area contributed by atoms with Crippen LogP contribution in [0.3, 0.4) is 0 Å². The Bertz CT molecular complexity index is 1330. The maximum Gasteiger partial charge on any atom is 0.412 e. The Kier molecular flexibility index (Phi) is 6.77. The number of aryl methyl sites for hydroxylation is 1. The second kappa shape index (κ2) is 9.90. The fourth-order valence-electron chi connectivity index (χ4n) is 3.00. The minimum Gasteiger partial charge on any atom is -0.462 e. The number of thiophene rings is 2. The molecule has 4 aromatic rings. The molecule has 0 aliphatic carbocycles. The molecular weight excluding hydrogens is 460 g/mol. The predicted molar refractivity (Wildman–Crippen MR) is 128 cm³/mol. The summed E-state index contributed by atoms with van der Waals surface area (Å²) in [5.74, 6) is 5.88. The van der Waals surface area contributed by atoms with E-state index in [4.69, 9.17) is 14.0 Å². The fourth-order valence-corrected chi connectivity index (χ4v) is 5.15. The van der Waals surface area contributed by atoms with Crippen LogP contribution in [0.4, 0.5) is 10.5 Å². The third-order valence-electron chi connectivity index (χ3n) is 4.63. The van der Waals surface area contributed by atoms with Crippen molar-refractivity contribution in [2.24, 2.45) is 0 Å². The third kappa shape index (κ3) is 5.25. The molecule has 0 spiro atoms. The Morgan fingerprint density at radius 3 is 2.64 bits per heavy atom. The first-order valence-corrected chi connectivity index (χ1v) is 11.8. The molecule has 0 saturated carbocycles. The summed E-state index contributed by atoms with van der Waals surface area (Å²) < 4.78 is 17.7. The van der Waals surface area contributed by atoms with Gasteiger partial charge in [0.15, 0.2) is 0 Å². The van der Waals surface area contributed by atoms with Gasteiger partial charge < -0.3 is 14.0 Å². The number of hydrogen-bond donors (Lipinski definition) is 1. The summed E-state index contributed by atoms with van der Waals surface area (Å²) in [5.41, 5.74) is 1.75. The lowest BCUT2D eigenvalue weighted by atomic mass is 10.1. The van der Waals surface area contributed by atoms with Gasteiger partial charge in [-0.3, -0.25) is 5.32 Å². The average molecular weight is 481 g/mol. The number of carbonyl (C=O) groups is 2. The standard InChI is InChI=1S/C24H20N2O5S2/c1-4-29-23(27)21-13-20-19(33-21)12-17(32-20)10-11-18-22(14(2)26-31-18)25-24(28)30-15(3)16-8-6-5-7-9-16/h5-9,12-13,15H,4H2,1-3H3,(H,25,28)/t15-/m1/s1. The molecule has 0 aliphatic heterocycles. The van der Waals surface area contributed by atoms with Crippen LogP contribution >= 0.6 is 22.7 Å². The molecule has 33 heavy (non-hydrogen) atoms. The minimum atomic E-state index is -0.621. The van der Waals surface area contributed by atoms with Crippen LogP contribution < -0.4 is 5.32 Å². The molecule has 168 valence electrons. The molecule has 1 atom stereocenters. The number of amides is 1. The van der Waals surface area contributed by atoms with E-state index >= 15 is 0 Å². The van der Waals surface area contributed by atoms with E-state index in [-0.39, 0.29) is 11.7 Å². The summed E-state index contributed by atoms with van der Waals surface area (Å²) in [5, 5.41) is 6.59. The Balaban J connectivity index is 1.47. The van der Waals surface area contributed by atoms with E-state index in [2.05, 4.69) is 22.3 Å². The third-order valence-corrected chi connectivity index (χ3v) is 6.81. The number of nitrogens with zero attached hydrogens (tertiary/aromatic N) is 1. The van der Waals surface area contributed by atoms with Gasteiger partial charge >= 0.3 is 12.1 Å². The Morgan fingerprint density at radius 2 is 1.91 bits per heavy atom. The molecule has 1 aromatic carbocycles. The highest BCUT2D eigenvalue weighted by Gasteiger charge is 2.18. The van der Waals surface area contributed by atoms with E-state index in [0.717, 1.165) is 19.8 Å². The zero-order valence-electron chi connectivity index (χ0n) is 18.1. The zero-order chi connectivity index (χ0) is 23.4. The van der Waals surface area contributed by atoms with Crippen molar-refractivity contribution in [3.8, 4) is 11.8 Å². The number of anilines is 1. The molecule has 3 aromatic heterocycles. The molecular formula is C24H20N2O5S2. The number of aromatic nitrogens is 1. The lowest BCUT2D eigenvalue weighted by molar-refractivity contribution is 0.0532. The first-order valence-electron chi connectivity index (χ1n) is 10.2. The summed E-state index contributed by atoms with van der Waals surface area (Å²) in [4.78, 5) is 25.7. The van der Waals surface area contributed by atoms with Crippen LogP contribution in [0.2, 0.25) is 0 Å². The van der Waals surface area contributed by atoms with Crippen LogP contribution in [0.15, 0.2) is 47.0 Å². The summed E-state index contributed by atoms with van der Waals surface area (Å²) in [7, 11) is 0. The van der Waals surface area contributed by atoms with Crippen LogP contribution in [0, 0.1) is 18.8 Å². The Hall–Kier alpha value is -3.61. The monoisotopic (exact) mass is 480 g/mol. The molecule has 4 rings (SSSR count). The summed E-state index contributed by atoms with van der Waals surface area (Å²) in [6.45, 7) is 5.63. The van der Waals surface area contributed by atoms with Gasteiger partial charge in [-0.1, -0.05) is 35.5 Å². The molecule has 9 heteroatoms. The highest BCUT2D eigenvalue weighted by Crippen LogP contribution is 2.33. The molecule has 0 saturated heterocycles. The first kappa shape index (κ1) is 22.6. The normalized spacial score (nSPS) is 11.5. The van der Waals surface area contributed by atoms with E-state index in [0.29, 0.717) is 22.9 Å². The fraction of sp³-hybridized carbons (Fsp3) is 0.208. The number of rotatable bonds is 5. The molecule has 0 fully saturated rings. The second-order valence-corrected chi connectivity index (χ2v) is 9.14. The van der Waals surface area contributed by atoms with E-state index in [9.17, 15) is 9.59 Å². The minimum absolute atomic E-state index is 0.237. The van der Waals surface area contributed by atoms with Gasteiger partial charge in [-0.2, -0.15) is 0 Å². The van der Waals surface area contributed by atoms with Gasteiger partial charge in [-0.25, -0.2) is 9.59 Å². The van der Waals surface area contributed by atoms with Gasteiger partial charge in [0.1, 0.15) is 22.4 Å². The van der Waals surface area contributed by atoms with Crippen LogP contribution in [0.1, 0.15) is 51.5 Å². The van der Waals surface area contributed by atoms with Gasteiger partial charge in [0, 0.05) is 9.40 Å². The zero-order valence-corrected chi connectivity index (χ0v) is 19.8. The summed E-state index contributed by atoms with van der Waals surface area (Å²) in [6.07, 6.45) is -1.04. The number of benzene rings is 1. The van der Waals surface area contributed by atoms with E-state index in [1.807, 2.05) is 42.5 Å². The van der Waals surface area contributed by atoms with Gasteiger partial charge in [0.05, 0.1) is 11.5 Å². The van der Waals surface area contributed by atoms with Gasteiger partial charge in [0.25, 0.3) is 0 Å². The largest absolute Gasteiger partial charge is 0.462 e. The summed E-state index contributed by atoms with van der Waals surface area (Å²) in [6, 6.07) is 13.2. The van der Waals surface area contributed by atoms with Crippen molar-refractivity contribution < 1.29 is 23.6 Å². The van der Waals surface area contributed by atoms with E-state index < -0.39 is 12.2 Å². The number of ether oxygens (including phenoxy) is 2. The van der Waals surface area contributed by atoms with Crippen molar-refractivity contribution in [3.63, 3.8) is 0 Å². The van der Waals surface area contributed by atoms with Crippen molar-refractivity contribution in [2.45, 2.75) is 26.9 Å². The molecule has 0 bridgehead atoms. The topological polar surface area (TPSA) is 90.7 Å². The molecule has 7 nitrogen and oxygen atoms in total. The quantitative estimate of drug-likeness (QED) is 0.272. The molecule has 0 unspecified atom stereocenters. The number of nitrogens with one attached hydrogen (secondary N) is 1. The maximum absolute atomic E-state index is 12.4. The van der Waals surface area contributed by atoms with E-state index in [1.54, 1.807) is 20.8 Å². The van der Waals surface area contributed by atoms with Crippen molar-refractivity contribution in [1.29, 1.82) is 0 Å². The van der Waals surface area contributed by atoms with Gasteiger partial charge in [-0.15, -0.1) is 22.7 Å². The van der Waals surface area contributed by atoms with Gasteiger partial charge in [0.2, 0.25) is 5.76 Å². The van der Waals surface area contributed by atoms with Gasteiger partial charge in [-0.05, 0) is 50.3 Å². The van der Waals surface area contributed by atoms with Crippen LogP contribution in [0.25, 0.3) is 9.40 Å². The first-order chi connectivity index (χ1) is 15.9. The molecule has 0 aliphatic rings. The molecule has 1 N–H and O–H groups in total. The predicted octanol–water partition coefficient (Wildman–Crippen LogP) is 6.15. The van der Waals surface area contributed by atoms with Crippen molar-refractivity contribution >= 4 is 49.8 Å². The number of fused-ring (bicyclic) bond motifs is 1. The second-order valence-electron chi connectivity index (χ2n) is 6.98. The molecule has 3 heterocycles. The van der Waals surface area contributed by atoms with Crippen molar-refractivity contribution in [1.82, 2.24) is 5.16 Å². The Labute approximate surface area is 198 Å². The highest BCUT2D eigenvalue weighted by atomic mass is 32.1. The summed E-state index contributed by atoms with van der Waals surface area (Å²) >= 11 is 2.83. The smallest absolute Gasteiger partial charge is 0.412 e. The molecule has 1 amide bonds. The lowest BCUT2D eigenvalue weighted by Crippen LogP contribution is -2.16. The van der Waals surface area contributed by atoms with E-state index in [1.165, 1.54) is 22.7 Å². The lowest BCUT2D eigenvalue weighted by Gasteiger charge is -2.13. The van der Waals surface area contributed by atoms with Crippen LogP contribution in [0.5, 0.6) is 0 Å². The van der Waals surface area contributed by atoms with Crippen molar-refractivity contribution in [3.05, 3.63) is 69.2 Å². The van der Waals surface area contributed by atoms with Crippen LogP contribution in [-0.2, 0) is 9.47 Å². The Morgan fingerprint density at radius 1 is 1.15 bits per heavy atom. The maximum atomic E-state index is 12.4. The highest BCUT2D eigenvalue weighted by molar-refractivity contribution is 7.28. The number of hydrogen-bond acceptors (Lipinski definition) is 8. The van der Waals surface area contributed by atoms with Crippen molar-refractivity contribution in [2.75, 3.05) is 11.9 Å². The SMILES string of the molecule is CCOC(=O)c1cc2sc(C#Cc3onc(C)c3NC(=O)O[C@H](C)c3ccccc3)cc2s1. The van der Waals surface area contributed by atoms with Crippen LogP contribution in [-0.4, -0.2) is 23.8 Å². The molecule has 0 radical (unpaired) electrons. The number of carbonyl (C=O) groups excluding carboxylic acids is 2.